The van der Waals surface area contributed by atoms with E-state index in [0.717, 1.165) is 32.4 Å². The number of nitrogens with zero attached hydrogens (tertiary/aromatic N) is 3. The van der Waals surface area contributed by atoms with Crippen LogP contribution in [0.5, 0.6) is 5.88 Å². The predicted molar refractivity (Wildman–Crippen MR) is 116 cm³/mol. The third kappa shape index (κ3) is 6.66. The molecule has 1 aromatic heterocycles. The topological polar surface area (TPSA) is 74.8 Å². The van der Waals surface area contributed by atoms with Crippen molar-refractivity contribution in [2.45, 2.75) is 70.2 Å². The number of hydrogen-bond acceptors (Lipinski definition) is 6. The van der Waals surface area contributed by atoms with Crippen molar-refractivity contribution in [1.29, 1.82) is 0 Å². The first-order chi connectivity index (χ1) is 12.6. The van der Waals surface area contributed by atoms with E-state index in [4.69, 9.17) is 19.9 Å². The fraction of sp³-hybridized carbons (Fsp3) is 0.842. The van der Waals surface area contributed by atoms with Gasteiger partial charge in [0.1, 0.15) is 5.69 Å². The van der Waals surface area contributed by atoms with Crippen molar-refractivity contribution in [3.63, 3.8) is 0 Å². The lowest BCUT2D eigenvalue weighted by atomic mass is 9.89. The van der Waals surface area contributed by atoms with Crippen LogP contribution >= 0.6 is 24.8 Å². The number of nitrogen functional groups attached to an aromatic ring is 1. The van der Waals surface area contributed by atoms with E-state index in [1.165, 1.54) is 12.8 Å². The maximum absolute atomic E-state index is 6.08. The third-order valence-corrected chi connectivity index (χ3v) is 5.46. The minimum absolute atomic E-state index is 0. The molecule has 0 radical (unpaired) electrons. The molecule has 1 saturated heterocycles. The zero-order chi connectivity index (χ0) is 18.5. The lowest BCUT2D eigenvalue weighted by Crippen LogP contribution is -2.51. The van der Waals surface area contributed by atoms with Gasteiger partial charge in [0, 0.05) is 39.3 Å². The summed E-state index contributed by atoms with van der Waals surface area (Å²) in [5.41, 5.74) is 6.70. The Morgan fingerprint density at radius 1 is 1.07 bits per heavy atom. The molecule has 2 atom stereocenters. The Morgan fingerprint density at radius 3 is 2.29 bits per heavy atom. The molecule has 0 unspecified atom stereocenters. The molecule has 1 aromatic rings. The summed E-state index contributed by atoms with van der Waals surface area (Å²) in [7, 11) is 1.69. The van der Waals surface area contributed by atoms with Gasteiger partial charge in [0.05, 0.1) is 31.1 Å². The highest BCUT2D eigenvalue weighted by Crippen LogP contribution is 2.33. The molecule has 0 bridgehead atoms. The maximum atomic E-state index is 6.08. The number of nitrogens with two attached hydrogens (primary N) is 1. The van der Waals surface area contributed by atoms with Crippen LogP contribution in [0, 0.1) is 0 Å². The predicted octanol–water partition coefficient (Wildman–Crippen LogP) is 3.32. The monoisotopic (exact) mass is 438 g/mol. The Hall–Kier alpha value is -0.730. The lowest BCUT2D eigenvalue weighted by Gasteiger charge is -2.42. The molecule has 2 N–H and O–H groups in total. The first kappa shape index (κ1) is 25.3. The molecule has 2 aliphatic rings. The summed E-state index contributed by atoms with van der Waals surface area (Å²) in [4.78, 5) is 2.62. The summed E-state index contributed by atoms with van der Waals surface area (Å²) in [6.07, 6.45) is 8.10. The summed E-state index contributed by atoms with van der Waals surface area (Å²) in [5, 5.41) is 4.59. The molecule has 28 heavy (non-hydrogen) atoms. The van der Waals surface area contributed by atoms with Gasteiger partial charge in [-0.15, -0.1) is 29.9 Å². The van der Waals surface area contributed by atoms with Crippen LogP contribution in [0.2, 0.25) is 0 Å². The first-order valence-corrected chi connectivity index (χ1v) is 9.92. The van der Waals surface area contributed by atoms with Gasteiger partial charge in [0.2, 0.25) is 0 Å². The molecule has 0 amide bonds. The zero-order valence-electron chi connectivity index (χ0n) is 17.2. The molecule has 0 aromatic carbocycles. The quantitative estimate of drug-likeness (QED) is 0.657. The molecular formula is C19H36Cl2N4O3. The van der Waals surface area contributed by atoms with Crippen LogP contribution < -0.4 is 10.5 Å². The van der Waals surface area contributed by atoms with Crippen LogP contribution in [0.1, 0.15) is 52.0 Å². The van der Waals surface area contributed by atoms with E-state index in [2.05, 4.69) is 23.8 Å². The van der Waals surface area contributed by atoms with Crippen LogP contribution in [0.25, 0.3) is 0 Å². The van der Waals surface area contributed by atoms with Gasteiger partial charge in [-0.05, 0) is 39.5 Å². The van der Waals surface area contributed by atoms with E-state index in [0.29, 0.717) is 49.1 Å². The van der Waals surface area contributed by atoms with Crippen molar-refractivity contribution < 1.29 is 14.2 Å². The van der Waals surface area contributed by atoms with Gasteiger partial charge >= 0.3 is 0 Å². The van der Waals surface area contributed by atoms with Crippen LogP contribution in [-0.4, -0.2) is 66.3 Å². The van der Waals surface area contributed by atoms with Crippen LogP contribution in [0.3, 0.4) is 0 Å². The molecular weight excluding hydrogens is 403 g/mol. The lowest BCUT2D eigenvalue weighted by molar-refractivity contribution is -0.0852. The van der Waals surface area contributed by atoms with Crippen molar-refractivity contribution in [2.24, 2.45) is 0 Å². The van der Waals surface area contributed by atoms with Gasteiger partial charge in [-0.1, -0.05) is 0 Å². The second-order valence-corrected chi connectivity index (χ2v) is 7.74. The van der Waals surface area contributed by atoms with Gasteiger partial charge in [0.25, 0.3) is 5.88 Å². The summed E-state index contributed by atoms with van der Waals surface area (Å²) >= 11 is 0. The van der Waals surface area contributed by atoms with Crippen LogP contribution in [-0.2, 0) is 9.47 Å². The number of halogens is 2. The van der Waals surface area contributed by atoms with E-state index in [-0.39, 0.29) is 24.8 Å². The summed E-state index contributed by atoms with van der Waals surface area (Å²) in [6.45, 7) is 7.71. The minimum atomic E-state index is 0. The second kappa shape index (κ2) is 12.1. The second-order valence-electron chi connectivity index (χ2n) is 7.74. The molecule has 1 aliphatic heterocycles. The molecule has 1 saturated carbocycles. The first-order valence-electron chi connectivity index (χ1n) is 9.92. The molecule has 1 aliphatic carbocycles. The van der Waals surface area contributed by atoms with Crippen LogP contribution in [0.4, 0.5) is 5.69 Å². The van der Waals surface area contributed by atoms with Crippen molar-refractivity contribution in [3.8, 4) is 5.88 Å². The van der Waals surface area contributed by atoms with Gasteiger partial charge in [-0.2, -0.15) is 0 Å². The molecule has 2 fully saturated rings. The highest BCUT2D eigenvalue weighted by Gasteiger charge is 2.31. The Bertz CT molecular complexity index is 557. The average Bonchev–Trinajstić information content (AvgIpc) is 2.99. The van der Waals surface area contributed by atoms with Crippen molar-refractivity contribution >= 4 is 30.5 Å². The fourth-order valence-corrected chi connectivity index (χ4v) is 4.26. The van der Waals surface area contributed by atoms with Gasteiger partial charge in [-0.3, -0.25) is 9.58 Å². The Morgan fingerprint density at radius 2 is 1.68 bits per heavy atom. The molecule has 164 valence electrons. The Kier molecular flexibility index (Phi) is 10.9. The molecule has 9 heteroatoms. The molecule has 2 heterocycles. The zero-order valence-corrected chi connectivity index (χ0v) is 18.8. The fourth-order valence-electron chi connectivity index (χ4n) is 4.26. The number of hydrogen-bond donors (Lipinski definition) is 1. The number of anilines is 1. The standard InChI is InChI=1S/C19H34N4O3.2ClH/c1-14-11-22(12-15(2)26-14)16-5-7-17(8-6-16)23-13-18(20)19(21-23)25-10-4-9-24-3;;/h13-17H,4-12,20H2,1-3H3;2*1H/t14-,15+,16?,17?;;. The van der Waals surface area contributed by atoms with E-state index in [1.54, 1.807) is 7.11 Å². The van der Waals surface area contributed by atoms with Crippen LogP contribution in [0.15, 0.2) is 6.20 Å². The smallest absolute Gasteiger partial charge is 0.256 e. The molecule has 3 rings (SSSR count). The van der Waals surface area contributed by atoms with Crippen molar-refractivity contribution in [2.75, 3.05) is 39.1 Å². The summed E-state index contributed by atoms with van der Waals surface area (Å²) < 4.78 is 18.6. The number of morpholine rings is 1. The SMILES string of the molecule is COCCCOc1nn(C2CCC(N3C[C@@H](C)O[C@@H](C)C3)CC2)cc1N.Cl.Cl. The average molecular weight is 439 g/mol. The van der Waals surface area contributed by atoms with E-state index < -0.39 is 0 Å². The third-order valence-electron chi connectivity index (χ3n) is 5.46. The summed E-state index contributed by atoms with van der Waals surface area (Å²) in [6, 6.07) is 1.08. The Balaban J connectivity index is 0.00000196. The number of rotatable bonds is 7. The number of aromatic nitrogens is 2. The molecule has 0 spiro atoms. The van der Waals surface area contributed by atoms with E-state index in [9.17, 15) is 0 Å². The van der Waals surface area contributed by atoms with Gasteiger partial charge in [-0.25, -0.2) is 0 Å². The summed E-state index contributed by atoms with van der Waals surface area (Å²) in [5.74, 6) is 0.555. The van der Waals surface area contributed by atoms with Crippen molar-refractivity contribution in [1.82, 2.24) is 14.7 Å². The number of ether oxygens (including phenoxy) is 3. The normalized spacial score (nSPS) is 28.2. The van der Waals surface area contributed by atoms with Crippen molar-refractivity contribution in [3.05, 3.63) is 6.20 Å². The van der Waals surface area contributed by atoms with Gasteiger partial charge in [0.15, 0.2) is 0 Å². The van der Waals surface area contributed by atoms with Gasteiger partial charge < -0.3 is 19.9 Å². The largest absolute Gasteiger partial charge is 0.475 e. The Labute approximate surface area is 181 Å². The maximum Gasteiger partial charge on any atom is 0.256 e. The molecule has 7 nitrogen and oxygen atoms in total. The highest BCUT2D eigenvalue weighted by molar-refractivity contribution is 5.85. The van der Waals surface area contributed by atoms with E-state index in [1.807, 2.05) is 10.9 Å². The van der Waals surface area contributed by atoms with E-state index >= 15 is 0 Å². The highest BCUT2D eigenvalue weighted by atomic mass is 35.5. The minimum Gasteiger partial charge on any atom is -0.475 e. The number of methoxy groups -OCH3 is 1.